The highest BCUT2D eigenvalue weighted by Crippen LogP contribution is 2.33. The van der Waals surface area contributed by atoms with Crippen LogP contribution in [0.4, 0.5) is 4.79 Å². The van der Waals surface area contributed by atoms with Crippen LogP contribution >= 0.6 is 0 Å². The topological polar surface area (TPSA) is 82.2 Å². The van der Waals surface area contributed by atoms with Gasteiger partial charge in [0.05, 0.1) is 18.2 Å². The lowest BCUT2D eigenvalue weighted by atomic mass is 9.91. The van der Waals surface area contributed by atoms with Crippen molar-refractivity contribution in [3.63, 3.8) is 0 Å². The third-order valence-corrected chi connectivity index (χ3v) is 7.22. The van der Waals surface area contributed by atoms with Crippen molar-refractivity contribution in [1.29, 1.82) is 0 Å². The van der Waals surface area contributed by atoms with Gasteiger partial charge >= 0.3 is 12.0 Å². The van der Waals surface area contributed by atoms with Crippen LogP contribution in [-0.4, -0.2) is 78.5 Å². The van der Waals surface area contributed by atoms with E-state index >= 15 is 0 Å². The summed E-state index contributed by atoms with van der Waals surface area (Å²) in [4.78, 5) is 45.0. The van der Waals surface area contributed by atoms with Gasteiger partial charge in [-0.3, -0.25) is 14.6 Å². The number of benzene rings is 2. The van der Waals surface area contributed by atoms with E-state index in [4.69, 9.17) is 4.74 Å². The number of hydrogen-bond donors (Lipinski definition) is 1. The number of hydrogen-bond acceptors (Lipinski definition) is 5. The molecule has 2 atom stereocenters. The van der Waals surface area contributed by atoms with Crippen molar-refractivity contribution in [2.75, 3.05) is 39.8 Å². The van der Waals surface area contributed by atoms with Crippen LogP contribution < -0.4 is 5.32 Å². The Bertz CT molecular complexity index is 1210. The number of nitrogens with zero attached hydrogens (tertiary/aromatic N) is 3. The molecule has 4 rings (SSSR count). The maximum Gasteiger partial charge on any atom is 0.338 e. The summed E-state index contributed by atoms with van der Waals surface area (Å²) in [5.74, 6) is -0.411. The molecule has 8 nitrogen and oxygen atoms in total. The molecule has 0 aliphatic carbocycles. The summed E-state index contributed by atoms with van der Waals surface area (Å²) in [5.41, 5.74) is 4.72. The first-order valence-electron chi connectivity index (χ1n) is 12.8. The number of nitrogens with one attached hydrogen (secondary N) is 1. The first-order valence-corrected chi connectivity index (χ1v) is 12.8. The fourth-order valence-corrected chi connectivity index (χ4v) is 5.09. The first kappa shape index (κ1) is 26.4. The first-order chi connectivity index (χ1) is 17.7. The number of carbonyl (C=O) groups is 3. The smallest absolute Gasteiger partial charge is 0.338 e. The van der Waals surface area contributed by atoms with Crippen LogP contribution in [0.15, 0.2) is 59.8 Å². The van der Waals surface area contributed by atoms with E-state index in [1.54, 1.807) is 14.0 Å². The molecule has 37 heavy (non-hydrogen) atoms. The summed E-state index contributed by atoms with van der Waals surface area (Å²) in [6, 6.07) is 14.5. The highest BCUT2D eigenvalue weighted by Gasteiger charge is 2.38. The molecule has 196 valence electrons. The molecule has 0 bridgehead atoms. The van der Waals surface area contributed by atoms with Gasteiger partial charge < -0.3 is 15.0 Å². The molecular weight excluding hydrogens is 468 g/mol. The Hall–Kier alpha value is -3.65. The van der Waals surface area contributed by atoms with Crippen LogP contribution in [0.1, 0.15) is 46.9 Å². The zero-order chi connectivity index (χ0) is 26.7. The number of rotatable bonds is 6. The van der Waals surface area contributed by atoms with Crippen molar-refractivity contribution in [2.24, 2.45) is 0 Å². The lowest BCUT2D eigenvalue weighted by Crippen LogP contribution is -2.56. The Morgan fingerprint density at radius 2 is 1.76 bits per heavy atom. The van der Waals surface area contributed by atoms with Crippen molar-refractivity contribution in [3.05, 3.63) is 82.1 Å². The molecule has 1 N–H and O–H groups in total. The van der Waals surface area contributed by atoms with Crippen LogP contribution in [0.3, 0.4) is 0 Å². The van der Waals surface area contributed by atoms with Gasteiger partial charge in [0.25, 0.3) is 5.91 Å². The number of piperazine rings is 1. The summed E-state index contributed by atoms with van der Waals surface area (Å²) < 4.78 is 5.46. The molecule has 8 heteroatoms. The molecule has 2 aromatic carbocycles. The fraction of sp³-hybridized carbons (Fsp3) is 0.414. The van der Waals surface area contributed by atoms with Crippen molar-refractivity contribution in [2.45, 2.75) is 39.8 Å². The van der Waals surface area contributed by atoms with E-state index in [-0.39, 0.29) is 24.6 Å². The van der Waals surface area contributed by atoms with E-state index < -0.39 is 12.0 Å². The van der Waals surface area contributed by atoms with Crippen molar-refractivity contribution >= 4 is 17.9 Å². The molecular formula is C29H36N4O4. The van der Waals surface area contributed by atoms with Crippen molar-refractivity contribution < 1.29 is 19.1 Å². The number of esters is 1. The van der Waals surface area contributed by atoms with Gasteiger partial charge in [-0.1, -0.05) is 42.0 Å². The average molecular weight is 505 g/mol. The minimum atomic E-state index is -0.597. The summed E-state index contributed by atoms with van der Waals surface area (Å²) in [6.07, 6.45) is 0. The molecule has 2 heterocycles. The Labute approximate surface area is 218 Å². The zero-order valence-corrected chi connectivity index (χ0v) is 22.3. The van der Waals surface area contributed by atoms with E-state index in [0.717, 1.165) is 16.7 Å². The quantitative estimate of drug-likeness (QED) is 0.607. The molecule has 1 saturated heterocycles. The third kappa shape index (κ3) is 5.54. The maximum atomic E-state index is 13.3. The lowest BCUT2D eigenvalue weighted by Gasteiger charge is -2.42. The highest BCUT2D eigenvalue weighted by molar-refractivity contribution is 5.95. The minimum Gasteiger partial charge on any atom is -0.463 e. The normalized spacial score (nSPS) is 20.6. The molecule has 2 aliphatic rings. The van der Waals surface area contributed by atoms with E-state index in [1.165, 1.54) is 4.90 Å². The van der Waals surface area contributed by atoms with E-state index in [9.17, 15) is 14.4 Å². The van der Waals surface area contributed by atoms with E-state index in [0.29, 0.717) is 43.0 Å². The van der Waals surface area contributed by atoms with Gasteiger partial charge in [0, 0.05) is 50.5 Å². The van der Waals surface area contributed by atoms with Gasteiger partial charge in [-0.05, 0) is 51.0 Å². The second-order valence-electron chi connectivity index (χ2n) is 9.83. The van der Waals surface area contributed by atoms with Gasteiger partial charge in [-0.25, -0.2) is 9.59 Å². The van der Waals surface area contributed by atoms with Gasteiger partial charge in [0.2, 0.25) is 0 Å². The molecule has 0 radical (unpaired) electrons. The van der Waals surface area contributed by atoms with Gasteiger partial charge in [0.15, 0.2) is 0 Å². The molecule has 2 aromatic rings. The SMILES string of the molecule is CCOC(=O)C1=C(CN2CCN(C(=O)c3ccc(C)cc3)[C@H](C)C2)N(C)C(=O)N[C@@H]1c1ccccc1C. The monoisotopic (exact) mass is 504 g/mol. The van der Waals surface area contributed by atoms with Crippen LogP contribution in [-0.2, 0) is 9.53 Å². The van der Waals surface area contributed by atoms with Gasteiger partial charge in [0.1, 0.15) is 0 Å². The van der Waals surface area contributed by atoms with Crippen LogP contribution in [0.2, 0.25) is 0 Å². The fourth-order valence-electron chi connectivity index (χ4n) is 5.09. The second kappa shape index (κ2) is 11.2. The highest BCUT2D eigenvalue weighted by atomic mass is 16.5. The second-order valence-corrected chi connectivity index (χ2v) is 9.83. The summed E-state index contributed by atoms with van der Waals surface area (Å²) in [6.45, 7) is 10.2. The van der Waals surface area contributed by atoms with E-state index in [2.05, 4.69) is 10.2 Å². The van der Waals surface area contributed by atoms with Crippen molar-refractivity contribution in [1.82, 2.24) is 20.0 Å². The van der Waals surface area contributed by atoms with Gasteiger partial charge in [-0.2, -0.15) is 0 Å². The number of amides is 3. The Morgan fingerprint density at radius 1 is 1.05 bits per heavy atom. The lowest BCUT2D eigenvalue weighted by molar-refractivity contribution is -0.139. The molecule has 3 amide bonds. The molecule has 1 fully saturated rings. The number of ether oxygens (including phenoxy) is 1. The van der Waals surface area contributed by atoms with Crippen LogP contribution in [0.5, 0.6) is 0 Å². The largest absolute Gasteiger partial charge is 0.463 e. The Kier molecular flexibility index (Phi) is 7.97. The predicted octanol–water partition coefficient (Wildman–Crippen LogP) is 3.66. The predicted molar refractivity (Wildman–Crippen MR) is 142 cm³/mol. The zero-order valence-electron chi connectivity index (χ0n) is 22.3. The van der Waals surface area contributed by atoms with Crippen LogP contribution in [0.25, 0.3) is 0 Å². The Balaban J connectivity index is 1.60. The summed E-state index contributed by atoms with van der Waals surface area (Å²) in [7, 11) is 1.68. The third-order valence-electron chi connectivity index (χ3n) is 7.22. The number of aryl methyl sites for hydroxylation is 2. The van der Waals surface area contributed by atoms with E-state index in [1.807, 2.05) is 74.2 Å². The molecule has 0 saturated carbocycles. The molecule has 0 unspecified atom stereocenters. The summed E-state index contributed by atoms with van der Waals surface area (Å²) in [5, 5.41) is 2.99. The number of likely N-dealkylation sites (N-methyl/N-ethyl adjacent to an activating group) is 1. The molecule has 0 aromatic heterocycles. The molecule has 0 spiro atoms. The Morgan fingerprint density at radius 3 is 2.41 bits per heavy atom. The van der Waals surface area contributed by atoms with Crippen LogP contribution in [0, 0.1) is 13.8 Å². The maximum absolute atomic E-state index is 13.3. The minimum absolute atomic E-state index is 0.0207. The van der Waals surface area contributed by atoms with Crippen molar-refractivity contribution in [3.8, 4) is 0 Å². The summed E-state index contributed by atoms with van der Waals surface area (Å²) >= 11 is 0. The number of carbonyl (C=O) groups excluding carboxylic acids is 3. The number of urea groups is 1. The molecule has 2 aliphatic heterocycles. The van der Waals surface area contributed by atoms with Gasteiger partial charge in [-0.15, -0.1) is 0 Å². The average Bonchev–Trinajstić information content (AvgIpc) is 2.87. The standard InChI is InChI=1S/C29H36N4O4/c1-6-37-28(35)25-24(31(5)29(36)30-26(25)23-10-8-7-9-20(23)3)18-32-15-16-33(21(4)17-32)27(34)22-13-11-19(2)12-14-22/h7-14,21,26H,6,15-18H2,1-5H3,(H,30,36)/t21-,26-/m1/s1.